The van der Waals surface area contributed by atoms with Gasteiger partial charge in [0.15, 0.2) is 0 Å². The fourth-order valence-electron chi connectivity index (χ4n) is 4.07. The average Bonchev–Trinajstić information content (AvgIpc) is 2.67. The van der Waals surface area contributed by atoms with Gasteiger partial charge < -0.3 is 4.90 Å². The molecule has 0 aromatic heterocycles. The third-order valence-electron chi connectivity index (χ3n) is 5.62. The number of amides is 1. The van der Waals surface area contributed by atoms with Crippen molar-refractivity contribution < 1.29 is 13.2 Å². The molecule has 5 nitrogen and oxygen atoms in total. The summed E-state index contributed by atoms with van der Waals surface area (Å²) in [7, 11) is -3.55. The highest BCUT2D eigenvalue weighted by atomic mass is 35.5. The molecule has 144 valence electrons. The zero-order chi connectivity index (χ0) is 18.7. The number of benzene rings is 1. The number of nitrogens with zero attached hydrogens (tertiary/aromatic N) is 2. The molecular weight excluding hydrogens is 372 g/mol. The van der Waals surface area contributed by atoms with Crippen molar-refractivity contribution in [3.63, 3.8) is 0 Å². The molecule has 0 radical (unpaired) electrons. The van der Waals surface area contributed by atoms with Crippen molar-refractivity contribution in [2.24, 2.45) is 5.92 Å². The zero-order valence-electron chi connectivity index (χ0n) is 15.2. The van der Waals surface area contributed by atoms with Crippen molar-refractivity contribution in [2.45, 2.75) is 56.4 Å². The van der Waals surface area contributed by atoms with E-state index in [2.05, 4.69) is 11.8 Å². The van der Waals surface area contributed by atoms with E-state index in [1.54, 1.807) is 18.2 Å². The number of likely N-dealkylation sites (tertiary alicyclic amines) is 1. The summed E-state index contributed by atoms with van der Waals surface area (Å²) in [5, 5.41) is 0.409. The molecule has 1 aromatic rings. The van der Waals surface area contributed by atoms with Gasteiger partial charge in [-0.3, -0.25) is 4.79 Å². The molecule has 7 heteroatoms. The van der Waals surface area contributed by atoms with Gasteiger partial charge in [0.05, 0.1) is 4.90 Å². The Labute approximate surface area is 161 Å². The summed E-state index contributed by atoms with van der Waals surface area (Å²) in [6.07, 6.45) is 5.53. The zero-order valence-corrected chi connectivity index (χ0v) is 16.8. The van der Waals surface area contributed by atoms with Crippen molar-refractivity contribution in [3.8, 4) is 0 Å². The van der Waals surface area contributed by atoms with Crippen LogP contribution in [-0.2, 0) is 14.8 Å². The van der Waals surface area contributed by atoms with Gasteiger partial charge in [-0.25, -0.2) is 8.42 Å². The van der Waals surface area contributed by atoms with Crippen molar-refractivity contribution >= 4 is 27.5 Å². The molecule has 0 spiro atoms. The second-order valence-electron chi connectivity index (χ2n) is 7.23. The second-order valence-corrected chi connectivity index (χ2v) is 9.60. The first-order valence-corrected chi connectivity index (χ1v) is 11.3. The van der Waals surface area contributed by atoms with Gasteiger partial charge in [-0.05, 0) is 56.7 Å². The molecule has 1 aromatic carbocycles. The Morgan fingerprint density at radius 3 is 2.54 bits per heavy atom. The summed E-state index contributed by atoms with van der Waals surface area (Å²) in [6.45, 7) is 3.75. The van der Waals surface area contributed by atoms with Crippen molar-refractivity contribution in [3.05, 3.63) is 29.3 Å². The lowest BCUT2D eigenvalue weighted by molar-refractivity contribution is -0.140. The number of carbonyl (C=O) groups excluding carboxylic acids is 1. The minimum absolute atomic E-state index is 0.0621. The molecule has 26 heavy (non-hydrogen) atoms. The minimum Gasteiger partial charge on any atom is -0.339 e. The largest absolute Gasteiger partial charge is 0.339 e. The number of carbonyl (C=O) groups is 1. The number of piperidine rings is 2. The van der Waals surface area contributed by atoms with Gasteiger partial charge in [-0.2, -0.15) is 4.31 Å². The van der Waals surface area contributed by atoms with E-state index >= 15 is 0 Å². The van der Waals surface area contributed by atoms with E-state index in [4.69, 9.17) is 11.6 Å². The summed E-state index contributed by atoms with van der Waals surface area (Å²) in [5.74, 6) is 0.157. The Morgan fingerprint density at radius 2 is 1.88 bits per heavy atom. The van der Waals surface area contributed by atoms with E-state index in [1.807, 2.05) is 0 Å². The molecule has 0 N–H and O–H groups in total. The minimum atomic E-state index is -3.55. The lowest BCUT2D eigenvalue weighted by atomic mass is 9.92. The lowest BCUT2D eigenvalue weighted by Gasteiger charge is -2.39. The van der Waals surface area contributed by atoms with Crippen molar-refractivity contribution in [1.29, 1.82) is 0 Å². The number of halogens is 1. The van der Waals surface area contributed by atoms with Gasteiger partial charge in [0, 0.05) is 36.6 Å². The molecule has 0 aliphatic carbocycles. The first-order valence-electron chi connectivity index (χ1n) is 9.49. The second kappa shape index (κ2) is 8.28. The van der Waals surface area contributed by atoms with Crippen molar-refractivity contribution in [1.82, 2.24) is 9.21 Å². The first-order chi connectivity index (χ1) is 12.4. The van der Waals surface area contributed by atoms with Crippen LogP contribution in [0, 0.1) is 5.92 Å². The predicted molar refractivity (Wildman–Crippen MR) is 103 cm³/mol. The van der Waals surface area contributed by atoms with Gasteiger partial charge in [0.2, 0.25) is 15.9 Å². The van der Waals surface area contributed by atoms with E-state index < -0.39 is 10.0 Å². The third kappa shape index (κ3) is 4.07. The van der Waals surface area contributed by atoms with Gasteiger partial charge in [0.25, 0.3) is 0 Å². The van der Waals surface area contributed by atoms with Crippen LogP contribution in [0.4, 0.5) is 0 Å². The lowest BCUT2D eigenvalue weighted by Crippen LogP contribution is -2.49. The highest BCUT2D eigenvalue weighted by Crippen LogP contribution is 2.29. The molecule has 2 heterocycles. The standard InChI is InChI=1S/C19H27ClN2O3S/c1-2-17-7-3-4-11-22(17)19(23)15-9-12-21(13-10-15)26(24,25)18-8-5-6-16(20)14-18/h5-6,8,14-15,17H,2-4,7,9-13H2,1H3. The number of rotatable bonds is 4. The Hall–Kier alpha value is -1.11. The summed E-state index contributed by atoms with van der Waals surface area (Å²) in [4.78, 5) is 15.2. The highest BCUT2D eigenvalue weighted by Gasteiger charge is 2.36. The molecular formula is C19H27ClN2O3S. The van der Waals surface area contributed by atoms with Crippen LogP contribution in [0.5, 0.6) is 0 Å². The Kier molecular flexibility index (Phi) is 6.25. The summed E-state index contributed by atoms with van der Waals surface area (Å²) < 4.78 is 27.1. The van der Waals surface area contributed by atoms with E-state index in [0.717, 1.165) is 25.8 Å². The first kappa shape index (κ1) is 19.6. The SMILES string of the molecule is CCC1CCCCN1C(=O)C1CCN(S(=O)(=O)c2cccc(Cl)c2)CC1. The number of sulfonamides is 1. The van der Waals surface area contributed by atoms with Crippen LogP contribution in [0.25, 0.3) is 0 Å². The van der Waals surface area contributed by atoms with E-state index in [1.165, 1.54) is 16.8 Å². The van der Waals surface area contributed by atoms with Crippen LogP contribution in [0.1, 0.15) is 45.4 Å². The number of hydrogen-bond donors (Lipinski definition) is 0. The Morgan fingerprint density at radius 1 is 1.15 bits per heavy atom. The molecule has 2 aliphatic rings. The molecule has 0 bridgehead atoms. The Balaban J connectivity index is 1.64. The molecule has 1 unspecified atom stereocenters. The van der Waals surface area contributed by atoms with Crippen LogP contribution in [0.3, 0.4) is 0 Å². The van der Waals surface area contributed by atoms with Crippen molar-refractivity contribution in [2.75, 3.05) is 19.6 Å². The van der Waals surface area contributed by atoms with E-state index in [0.29, 0.717) is 37.0 Å². The molecule has 2 saturated heterocycles. The molecule has 3 rings (SSSR count). The maximum Gasteiger partial charge on any atom is 0.243 e. The van der Waals surface area contributed by atoms with Gasteiger partial charge in [0.1, 0.15) is 0 Å². The van der Waals surface area contributed by atoms with E-state index in [-0.39, 0.29) is 16.7 Å². The van der Waals surface area contributed by atoms with Crippen LogP contribution in [0.2, 0.25) is 5.02 Å². The maximum absolute atomic E-state index is 12.9. The highest BCUT2D eigenvalue weighted by molar-refractivity contribution is 7.89. The fraction of sp³-hybridized carbons (Fsp3) is 0.632. The van der Waals surface area contributed by atoms with E-state index in [9.17, 15) is 13.2 Å². The van der Waals surface area contributed by atoms with Crippen LogP contribution in [-0.4, -0.2) is 49.2 Å². The topological polar surface area (TPSA) is 57.7 Å². The summed E-state index contributed by atoms with van der Waals surface area (Å²) in [6, 6.07) is 6.71. The smallest absolute Gasteiger partial charge is 0.243 e. The monoisotopic (exact) mass is 398 g/mol. The molecule has 2 aliphatic heterocycles. The molecule has 0 saturated carbocycles. The molecule has 1 amide bonds. The summed E-state index contributed by atoms with van der Waals surface area (Å²) >= 11 is 5.93. The average molecular weight is 399 g/mol. The Bertz CT molecular complexity index is 745. The third-order valence-corrected chi connectivity index (χ3v) is 7.75. The van der Waals surface area contributed by atoms with Gasteiger partial charge >= 0.3 is 0 Å². The van der Waals surface area contributed by atoms with Crippen LogP contribution in [0.15, 0.2) is 29.2 Å². The normalized spacial score (nSPS) is 23.2. The van der Waals surface area contributed by atoms with Crippen LogP contribution >= 0.6 is 11.6 Å². The van der Waals surface area contributed by atoms with Crippen LogP contribution < -0.4 is 0 Å². The van der Waals surface area contributed by atoms with Gasteiger partial charge in [-0.1, -0.05) is 24.6 Å². The fourth-order valence-corrected chi connectivity index (χ4v) is 5.84. The maximum atomic E-state index is 12.9. The number of hydrogen-bond acceptors (Lipinski definition) is 3. The molecule has 1 atom stereocenters. The van der Waals surface area contributed by atoms with Gasteiger partial charge in [-0.15, -0.1) is 0 Å². The summed E-state index contributed by atoms with van der Waals surface area (Å²) in [5.41, 5.74) is 0. The molecule has 2 fully saturated rings. The quantitative estimate of drug-likeness (QED) is 0.779. The predicted octanol–water partition coefficient (Wildman–Crippen LogP) is 3.53.